The Bertz CT molecular complexity index is 278. The summed E-state index contributed by atoms with van der Waals surface area (Å²) in [6.07, 6.45) is 19.3. The summed E-state index contributed by atoms with van der Waals surface area (Å²) >= 11 is 0. The topological polar surface area (TPSA) is 0 Å². The quantitative estimate of drug-likeness (QED) is 0.331. The van der Waals surface area contributed by atoms with Gasteiger partial charge in [-0.2, -0.15) is 12.2 Å². The van der Waals surface area contributed by atoms with Gasteiger partial charge >= 0.3 is 25.8 Å². The van der Waals surface area contributed by atoms with Gasteiger partial charge in [-0.15, -0.1) is 12.8 Å². The van der Waals surface area contributed by atoms with Gasteiger partial charge < -0.3 is 24.8 Å². The van der Waals surface area contributed by atoms with Gasteiger partial charge in [-0.1, -0.05) is 39.8 Å². The van der Waals surface area contributed by atoms with Crippen molar-refractivity contribution in [3.05, 3.63) is 47.6 Å². The van der Waals surface area contributed by atoms with Crippen LogP contribution in [0.15, 0.2) is 35.5 Å². The third-order valence-electron chi connectivity index (χ3n) is 2.29. The molecule has 0 saturated heterocycles. The fraction of sp³-hybridized carbons (Fsp3) is 0.500. The Balaban J connectivity index is -0.0000000956. The van der Waals surface area contributed by atoms with Crippen LogP contribution in [0.2, 0.25) is 13.1 Å². The van der Waals surface area contributed by atoms with Crippen molar-refractivity contribution >= 4 is 9.52 Å². The second kappa shape index (κ2) is 21.9. The van der Waals surface area contributed by atoms with E-state index in [0.717, 1.165) is 35.2 Å². The van der Waals surface area contributed by atoms with Crippen LogP contribution in [0.25, 0.3) is 0 Å². The first-order valence-electron chi connectivity index (χ1n) is 6.54. The molecule has 0 N–H and O–H groups in total. The van der Waals surface area contributed by atoms with E-state index in [2.05, 4.69) is 63.4 Å². The molecule has 0 aromatic carbocycles. The predicted octanol–water partition coefficient (Wildman–Crippen LogP) is -1.30. The normalized spacial score (nSPS) is 13.2. The number of halogens is 2. The Morgan fingerprint density at radius 2 is 1.20 bits per heavy atom. The average molecular weight is 495 g/mol. The van der Waals surface area contributed by atoms with E-state index >= 15 is 0 Å². The molecule has 0 saturated carbocycles. The summed E-state index contributed by atoms with van der Waals surface area (Å²) in [4.78, 5) is 0. The van der Waals surface area contributed by atoms with E-state index in [0.29, 0.717) is 0 Å². The Labute approximate surface area is 159 Å². The van der Waals surface area contributed by atoms with Gasteiger partial charge in [0.25, 0.3) is 0 Å². The van der Waals surface area contributed by atoms with E-state index < -0.39 is 0 Å². The Morgan fingerprint density at radius 1 is 0.900 bits per heavy atom. The van der Waals surface area contributed by atoms with Gasteiger partial charge in [0.2, 0.25) is 0 Å². The van der Waals surface area contributed by atoms with E-state index in [1.54, 1.807) is 0 Å². The molecule has 4 heteroatoms. The van der Waals surface area contributed by atoms with E-state index in [4.69, 9.17) is 0 Å². The van der Waals surface area contributed by atoms with Gasteiger partial charge in [0.15, 0.2) is 0 Å². The Kier molecular flexibility index (Phi) is 31.5. The molecule has 0 atom stereocenters. The molecule has 111 valence electrons. The van der Waals surface area contributed by atoms with Gasteiger partial charge in [0, 0.05) is 9.52 Å². The van der Waals surface area contributed by atoms with Crippen LogP contribution in [-0.4, -0.2) is 9.52 Å². The zero-order chi connectivity index (χ0) is 12.9. The first kappa shape index (κ1) is 28.7. The van der Waals surface area contributed by atoms with E-state index in [9.17, 15) is 0 Å². The van der Waals surface area contributed by atoms with E-state index in [1.807, 2.05) is 0 Å². The fourth-order valence-corrected chi connectivity index (χ4v) is 1.39. The number of hydrogen-bond acceptors (Lipinski definition) is 0. The number of rotatable bonds is 2. The molecule has 0 heterocycles. The summed E-state index contributed by atoms with van der Waals surface area (Å²) < 4.78 is 0. The zero-order valence-electron chi connectivity index (χ0n) is 13.0. The fourth-order valence-electron chi connectivity index (χ4n) is 1.39. The largest absolute Gasteiger partial charge is 4.00 e. The average Bonchev–Trinajstić information content (AvgIpc) is 3.04. The van der Waals surface area contributed by atoms with Crippen LogP contribution < -0.4 is 24.8 Å². The molecule has 0 aromatic rings. The molecular weight excluding hydrogens is 470 g/mol. The minimum absolute atomic E-state index is 0. The third kappa shape index (κ3) is 16.7. The molecule has 0 aliphatic heterocycles. The summed E-state index contributed by atoms with van der Waals surface area (Å²) in [6, 6.07) is 0. The SMILES string of the molecule is CCC1=[C-]CC=C1.CCC1=[C-]CC=C1.C[SiH]C.[Cl-].[Cl-].[Hf+4]. The molecule has 0 aromatic heterocycles. The Hall–Kier alpha value is 0.627. The van der Waals surface area contributed by atoms with Crippen LogP contribution >= 0.6 is 0 Å². The first-order chi connectivity index (χ1) is 8.28. The molecule has 0 unspecified atom stereocenters. The summed E-state index contributed by atoms with van der Waals surface area (Å²) in [5, 5.41) is 0. The van der Waals surface area contributed by atoms with Crippen LogP contribution in [0.3, 0.4) is 0 Å². The standard InChI is InChI=1S/2C7H9.C2H7Si.2ClH.Hf/c2*1-2-7-5-3-4-6-7;1-3-2;;;/h2*3,5H,2,4H2,1H3;3H,1-2H3;2*1H;/q2*-1;;;;+4/p-2. The van der Waals surface area contributed by atoms with Gasteiger partial charge in [0.1, 0.15) is 0 Å². The molecule has 0 spiro atoms. The maximum atomic E-state index is 3.21. The van der Waals surface area contributed by atoms with E-state index in [-0.39, 0.29) is 50.7 Å². The molecule has 0 bridgehead atoms. The van der Waals surface area contributed by atoms with Gasteiger partial charge in [-0.3, -0.25) is 12.2 Å². The third-order valence-corrected chi connectivity index (χ3v) is 2.29. The summed E-state index contributed by atoms with van der Waals surface area (Å²) in [6.45, 7) is 8.72. The van der Waals surface area contributed by atoms with Crippen molar-refractivity contribution in [1.82, 2.24) is 0 Å². The monoisotopic (exact) mass is 495 g/mol. The summed E-state index contributed by atoms with van der Waals surface area (Å²) in [5.74, 6) is 0. The van der Waals surface area contributed by atoms with Crippen LogP contribution in [0.5, 0.6) is 0 Å². The molecule has 2 aliphatic carbocycles. The molecule has 2 rings (SSSR count). The molecule has 2 aliphatic rings. The second-order valence-corrected chi connectivity index (χ2v) is 5.06. The molecule has 1 radical (unpaired) electrons. The van der Waals surface area contributed by atoms with Crippen molar-refractivity contribution in [2.45, 2.75) is 52.6 Å². The maximum absolute atomic E-state index is 3.21. The van der Waals surface area contributed by atoms with Gasteiger partial charge in [-0.05, 0) is 0 Å². The molecular formula is C16H25Cl2HfSi. The summed E-state index contributed by atoms with van der Waals surface area (Å²) in [5.41, 5.74) is 2.72. The second-order valence-electron chi connectivity index (χ2n) is 3.90. The number of hydrogen-bond donors (Lipinski definition) is 0. The van der Waals surface area contributed by atoms with Crippen LogP contribution in [-0.2, 0) is 25.8 Å². The molecule has 20 heavy (non-hydrogen) atoms. The smallest absolute Gasteiger partial charge is 1.00 e. The van der Waals surface area contributed by atoms with Crippen molar-refractivity contribution in [3.8, 4) is 0 Å². The van der Waals surface area contributed by atoms with E-state index in [1.165, 1.54) is 11.1 Å². The minimum atomic E-state index is 0. The van der Waals surface area contributed by atoms with Crippen molar-refractivity contribution in [1.29, 1.82) is 0 Å². The zero-order valence-corrected chi connectivity index (χ0v) is 19.2. The minimum Gasteiger partial charge on any atom is -1.00 e. The predicted molar refractivity (Wildman–Crippen MR) is 80.5 cm³/mol. The van der Waals surface area contributed by atoms with Crippen LogP contribution in [0.4, 0.5) is 0 Å². The number of allylic oxidation sites excluding steroid dienone is 8. The molecule has 0 nitrogen and oxygen atoms in total. The van der Waals surface area contributed by atoms with Crippen molar-refractivity contribution in [2.24, 2.45) is 0 Å². The van der Waals surface area contributed by atoms with Gasteiger partial charge in [-0.25, -0.2) is 23.3 Å². The molecule has 0 fully saturated rings. The Morgan fingerprint density at radius 3 is 1.30 bits per heavy atom. The maximum Gasteiger partial charge on any atom is 4.00 e. The van der Waals surface area contributed by atoms with Crippen molar-refractivity contribution in [2.75, 3.05) is 0 Å². The van der Waals surface area contributed by atoms with Crippen LogP contribution in [0.1, 0.15) is 39.5 Å². The first-order valence-corrected chi connectivity index (χ1v) is 8.85. The molecule has 0 amide bonds. The van der Waals surface area contributed by atoms with Crippen molar-refractivity contribution < 1.29 is 50.7 Å². The summed E-state index contributed by atoms with van der Waals surface area (Å²) in [7, 11) is 0.750. The van der Waals surface area contributed by atoms with Crippen molar-refractivity contribution in [3.63, 3.8) is 0 Å². The van der Waals surface area contributed by atoms with Gasteiger partial charge in [0.05, 0.1) is 0 Å². The van der Waals surface area contributed by atoms with Crippen LogP contribution in [0, 0.1) is 12.2 Å².